The van der Waals surface area contributed by atoms with Crippen LogP contribution in [0.25, 0.3) is 0 Å². The Morgan fingerprint density at radius 1 is 1.13 bits per heavy atom. The third kappa shape index (κ3) is 5.04. The van der Waals surface area contributed by atoms with Gasteiger partial charge in [-0.15, -0.1) is 0 Å². The Bertz CT molecular complexity index is 798. The summed E-state index contributed by atoms with van der Waals surface area (Å²) < 4.78 is 26.3. The Hall–Kier alpha value is -1.93. The van der Waals surface area contributed by atoms with E-state index in [1.165, 1.54) is 23.9 Å². The smallest absolute Gasteiger partial charge is 0.264 e. The van der Waals surface area contributed by atoms with Crippen molar-refractivity contribution < 1.29 is 13.2 Å². The van der Waals surface area contributed by atoms with E-state index in [1.54, 1.807) is 25.1 Å². The van der Waals surface area contributed by atoms with Gasteiger partial charge in [0.15, 0.2) is 0 Å². The van der Waals surface area contributed by atoms with Crippen molar-refractivity contribution in [2.75, 3.05) is 5.75 Å². The van der Waals surface area contributed by atoms with Gasteiger partial charge in [-0.05, 0) is 39.0 Å². The molecule has 1 amide bonds. The number of hydrogen-bond acceptors (Lipinski definition) is 6. The molecule has 1 heterocycles. The van der Waals surface area contributed by atoms with Crippen molar-refractivity contribution >= 4 is 27.7 Å². The molecule has 0 radical (unpaired) electrons. The summed E-state index contributed by atoms with van der Waals surface area (Å²) in [5.41, 5.74) is 1.74. The largest absolute Gasteiger partial charge is 0.273 e. The van der Waals surface area contributed by atoms with E-state index >= 15 is 0 Å². The highest BCUT2D eigenvalue weighted by atomic mass is 32.2. The average Bonchev–Trinajstić information content (AvgIpc) is 2.44. The second kappa shape index (κ2) is 7.10. The molecule has 0 aliphatic rings. The number of thioether (sulfide) groups is 1. The Balaban J connectivity index is 2.00. The first-order valence-electron chi connectivity index (χ1n) is 6.84. The molecule has 0 bridgehead atoms. The van der Waals surface area contributed by atoms with Crippen LogP contribution in [0.1, 0.15) is 17.1 Å². The molecular weight excluding hydrogens is 334 g/mol. The SMILES string of the molecule is Cc1ccc(S(=O)(=O)NC(=O)CSc2cc(C)nc(C)n2)cc1. The lowest BCUT2D eigenvalue weighted by Gasteiger charge is -2.07. The van der Waals surface area contributed by atoms with Gasteiger partial charge in [-0.1, -0.05) is 29.5 Å². The number of aryl methyl sites for hydroxylation is 3. The molecule has 1 N–H and O–H groups in total. The van der Waals surface area contributed by atoms with Gasteiger partial charge in [0.05, 0.1) is 10.6 Å². The molecule has 1 aromatic carbocycles. The van der Waals surface area contributed by atoms with Crippen LogP contribution in [0.2, 0.25) is 0 Å². The summed E-state index contributed by atoms with van der Waals surface area (Å²) in [5, 5.41) is 0.637. The van der Waals surface area contributed by atoms with Crippen LogP contribution in [0.4, 0.5) is 0 Å². The van der Waals surface area contributed by atoms with E-state index in [0.29, 0.717) is 10.9 Å². The van der Waals surface area contributed by atoms with Crippen LogP contribution < -0.4 is 4.72 Å². The third-order valence-corrected chi connectivity index (χ3v) is 5.17. The van der Waals surface area contributed by atoms with E-state index in [0.717, 1.165) is 11.3 Å². The summed E-state index contributed by atoms with van der Waals surface area (Å²) in [7, 11) is -3.84. The standard InChI is InChI=1S/C15H17N3O3S2/c1-10-4-6-13(7-5-10)23(20,21)18-14(19)9-22-15-8-11(2)16-12(3)17-15/h4-8H,9H2,1-3H3,(H,18,19). The molecule has 2 rings (SSSR count). The molecular formula is C15H17N3O3S2. The van der Waals surface area contributed by atoms with Crippen LogP contribution in [-0.2, 0) is 14.8 Å². The molecule has 0 aliphatic carbocycles. The van der Waals surface area contributed by atoms with Crippen LogP contribution in [0, 0.1) is 20.8 Å². The number of nitrogens with zero attached hydrogens (tertiary/aromatic N) is 2. The van der Waals surface area contributed by atoms with E-state index in [1.807, 2.05) is 13.8 Å². The minimum Gasteiger partial charge on any atom is -0.273 e. The molecule has 6 nitrogen and oxygen atoms in total. The summed E-state index contributed by atoms with van der Waals surface area (Å²) in [5.74, 6) is -0.0225. The number of sulfonamides is 1. The number of carbonyl (C=O) groups excluding carboxylic acids is 1. The molecule has 0 saturated heterocycles. The number of hydrogen-bond donors (Lipinski definition) is 1. The average molecular weight is 351 g/mol. The van der Waals surface area contributed by atoms with Crippen molar-refractivity contribution in [3.8, 4) is 0 Å². The Kier molecular flexibility index (Phi) is 5.38. The zero-order valence-electron chi connectivity index (χ0n) is 13.0. The molecule has 2 aromatic rings. The van der Waals surface area contributed by atoms with Gasteiger partial charge in [-0.3, -0.25) is 4.79 Å². The number of amides is 1. The lowest BCUT2D eigenvalue weighted by molar-refractivity contribution is -0.116. The summed E-state index contributed by atoms with van der Waals surface area (Å²) in [4.78, 5) is 20.3. The number of rotatable bonds is 5. The number of benzene rings is 1. The second-order valence-corrected chi connectivity index (χ2v) is 7.70. The van der Waals surface area contributed by atoms with Gasteiger partial charge in [0, 0.05) is 5.69 Å². The third-order valence-electron chi connectivity index (χ3n) is 2.87. The molecule has 23 heavy (non-hydrogen) atoms. The lowest BCUT2D eigenvalue weighted by Crippen LogP contribution is -2.31. The van der Waals surface area contributed by atoms with E-state index in [-0.39, 0.29) is 10.6 Å². The fraction of sp³-hybridized carbons (Fsp3) is 0.267. The summed E-state index contributed by atoms with van der Waals surface area (Å²) in [6.45, 7) is 5.46. The van der Waals surface area contributed by atoms with Crippen molar-refractivity contribution in [2.24, 2.45) is 0 Å². The van der Waals surface area contributed by atoms with Gasteiger partial charge in [-0.2, -0.15) is 0 Å². The predicted molar refractivity (Wildman–Crippen MR) is 88.7 cm³/mol. The van der Waals surface area contributed by atoms with Gasteiger partial charge in [-0.25, -0.2) is 23.1 Å². The normalized spacial score (nSPS) is 11.3. The quantitative estimate of drug-likeness (QED) is 0.655. The van der Waals surface area contributed by atoms with E-state index in [9.17, 15) is 13.2 Å². The zero-order valence-corrected chi connectivity index (χ0v) is 14.7. The summed E-state index contributed by atoms with van der Waals surface area (Å²) in [6, 6.07) is 8.05. The van der Waals surface area contributed by atoms with Gasteiger partial charge in [0.1, 0.15) is 10.9 Å². The van der Waals surface area contributed by atoms with E-state index < -0.39 is 15.9 Å². The topological polar surface area (TPSA) is 89.0 Å². The van der Waals surface area contributed by atoms with Gasteiger partial charge in [0.2, 0.25) is 5.91 Å². The highest BCUT2D eigenvalue weighted by molar-refractivity contribution is 8.00. The van der Waals surface area contributed by atoms with Crippen molar-refractivity contribution in [3.63, 3.8) is 0 Å². The minimum absolute atomic E-state index is 0.0407. The first-order valence-corrected chi connectivity index (χ1v) is 9.30. The Morgan fingerprint density at radius 2 is 1.78 bits per heavy atom. The number of carbonyl (C=O) groups is 1. The second-order valence-electron chi connectivity index (χ2n) is 5.03. The monoisotopic (exact) mass is 351 g/mol. The van der Waals surface area contributed by atoms with Crippen LogP contribution in [-0.4, -0.2) is 30.0 Å². The summed E-state index contributed by atoms with van der Waals surface area (Å²) >= 11 is 1.17. The van der Waals surface area contributed by atoms with Gasteiger partial charge in [0.25, 0.3) is 10.0 Å². The highest BCUT2D eigenvalue weighted by Gasteiger charge is 2.17. The molecule has 0 atom stereocenters. The van der Waals surface area contributed by atoms with Crippen molar-refractivity contribution in [1.29, 1.82) is 0 Å². The van der Waals surface area contributed by atoms with Gasteiger partial charge >= 0.3 is 0 Å². The molecule has 0 fully saturated rings. The van der Waals surface area contributed by atoms with Gasteiger partial charge < -0.3 is 0 Å². The molecule has 0 spiro atoms. The first kappa shape index (κ1) is 17.4. The molecule has 0 unspecified atom stereocenters. The Morgan fingerprint density at radius 3 is 2.39 bits per heavy atom. The number of aromatic nitrogens is 2. The maximum absolute atomic E-state index is 12.1. The lowest BCUT2D eigenvalue weighted by atomic mass is 10.2. The zero-order chi connectivity index (χ0) is 17.0. The van der Waals surface area contributed by atoms with Crippen LogP contribution in [0.3, 0.4) is 0 Å². The van der Waals surface area contributed by atoms with Crippen molar-refractivity contribution in [2.45, 2.75) is 30.7 Å². The summed E-state index contributed by atoms with van der Waals surface area (Å²) in [6.07, 6.45) is 0. The fourth-order valence-electron chi connectivity index (χ4n) is 1.85. The molecule has 0 aliphatic heterocycles. The maximum atomic E-state index is 12.1. The van der Waals surface area contributed by atoms with E-state index in [2.05, 4.69) is 14.7 Å². The Labute approximate surface area is 139 Å². The highest BCUT2D eigenvalue weighted by Crippen LogP contribution is 2.16. The first-order chi connectivity index (χ1) is 10.8. The molecule has 1 aromatic heterocycles. The molecule has 8 heteroatoms. The predicted octanol–water partition coefficient (Wildman–Crippen LogP) is 2.00. The van der Waals surface area contributed by atoms with Crippen LogP contribution >= 0.6 is 11.8 Å². The van der Waals surface area contributed by atoms with E-state index in [4.69, 9.17) is 0 Å². The fourth-order valence-corrected chi connectivity index (χ4v) is 3.73. The van der Waals surface area contributed by atoms with Crippen molar-refractivity contribution in [1.82, 2.24) is 14.7 Å². The molecule has 122 valence electrons. The molecule has 0 saturated carbocycles. The van der Waals surface area contributed by atoms with Crippen LogP contribution in [0.15, 0.2) is 40.3 Å². The minimum atomic E-state index is -3.84. The maximum Gasteiger partial charge on any atom is 0.264 e. The van der Waals surface area contributed by atoms with Crippen LogP contribution in [0.5, 0.6) is 0 Å². The number of nitrogens with one attached hydrogen (secondary N) is 1. The van der Waals surface area contributed by atoms with Crippen molar-refractivity contribution in [3.05, 3.63) is 47.4 Å².